The average molecular weight is 567 g/mol. The van der Waals surface area contributed by atoms with Crippen molar-refractivity contribution in [2.24, 2.45) is 0 Å². The summed E-state index contributed by atoms with van der Waals surface area (Å²) < 4.78 is 15.4. The van der Waals surface area contributed by atoms with Crippen molar-refractivity contribution in [1.29, 1.82) is 0 Å². The van der Waals surface area contributed by atoms with Gasteiger partial charge in [0.25, 0.3) is 0 Å². The Kier molecular flexibility index (Phi) is 4.63. The van der Waals surface area contributed by atoms with Crippen LogP contribution in [0.2, 0.25) is 0 Å². The molecule has 10 aromatic rings. The molecule has 200 valence electrons. The van der Waals surface area contributed by atoms with Gasteiger partial charge in [0.1, 0.15) is 16.7 Å². The van der Waals surface area contributed by atoms with Crippen molar-refractivity contribution in [2.45, 2.75) is 0 Å². The van der Waals surface area contributed by atoms with E-state index < -0.39 is 0 Å². The first-order valence-corrected chi connectivity index (χ1v) is 15.3. The molecule has 0 radical (unpaired) electrons. The second kappa shape index (κ2) is 8.57. The molecule has 0 bridgehead atoms. The van der Waals surface area contributed by atoms with Crippen LogP contribution in [0.5, 0.6) is 0 Å². The normalized spacial score (nSPS) is 12.2. The summed E-state index contributed by atoms with van der Waals surface area (Å²) in [4.78, 5) is 0. The lowest BCUT2D eigenvalue weighted by Gasteiger charge is -2.17. The molecule has 3 heteroatoms. The van der Waals surface area contributed by atoms with E-state index in [1.165, 1.54) is 58.4 Å². The summed E-state index contributed by atoms with van der Waals surface area (Å²) in [5.41, 5.74) is 7.30. The Labute approximate surface area is 250 Å². The zero-order valence-corrected chi connectivity index (χ0v) is 23.7. The van der Waals surface area contributed by atoms with Crippen LogP contribution >= 0.6 is 11.3 Å². The van der Waals surface area contributed by atoms with Crippen LogP contribution in [0.25, 0.3) is 96.9 Å². The van der Waals surface area contributed by atoms with Crippen molar-refractivity contribution in [1.82, 2.24) is 0 Å². The number of thiophene rings is 1. The van der Waals surface area contributed by atoms with Gasteiger partial charge < -0.3 is 8.83 Å². The van der Waals surface area contributed by atoms with Gasteiger partial charge in [-0.05, 0) is 63.0 Å². The zero-order valence-electron chi connectivity index (χ0n) is 22.9. The molecular weight excluding hydrogens is 545 g/mol. The van der Waals surface area contributed by atoms with Crippen LogP contribution in [-0.2, 0) is 0 Å². The van der Waals surface area contributed by atoms with Gasteiger partial charge in [-0.2, -0.15) is 0 Å². The van der Waals surface area contributed by atoms with E-state index in [9.17, 15) is 0 Å². The maximum Gasteiger partial charge on any atom is 0.147 e. The van der Waals surface area contributed by atoms with E-state index >= 15 is 0 Å². The van der Waals surface area contributed by atoms with E-state index in [2.05, 4.69) is 115 Å². The van der Waals surface area contributed by atoms with Gasteiger partial charge in [-0.25, -0.2) is 0 Å². The second-order valence-corrected chi connectivity index (χ2v) is 12.3. The van der Waals surface area contributed by atoms with Crippen LogP contribution in [-0.4, -0.2) is 0 Å². The van der Waals surface area contributed by atoms with Crippen molar-refractivity contribution in [2.75, 3.05) is 0 Å². The van der Waals surface area contributed by atoms with Gasteiger partial charge in [0, 0.05) is 42.1 Å². The number of hydrogen-bond acceptors (Lipinski definition) is 3. The highest BCUT2D eigenvalue weighted by Gasteiger charge is 2.22. The fourth-order valence-corrected chi connectivity index (χ4v) is 8.25. The van der Waals surface area contributed by atoms with Crippen LogP contribution < -0.4 is 0 Å². The smallest absolute Gasteiger partial charge is 0.147 e. The third-order valence-electron chi connectivity index (χ3n) is 8.95. The van der Waals surface area contributed by atoms with Crippen molar-refractivity contribution >= 4 is 86.0 Å². The molecule has 0 saturated carbocycles. The molecule has 43 heavy (non-hydrogen) atoms. The molecule has 0 unspecified atom stereocenters. The fraction of sp³-hybridized carbons (Fsp3) is 0. The van der Waals surface area contributed by atoms with Gasteiger partial charge in [0.05, 0.1) is 11.6 Å². The Morgan fingerprint density at radius 3 is 1.81 bits per heavy atom. The molecule has 0 atom stereocenters. The molecule has 7 aromatic carbocycles. The van der Waals surface area contributed by atoms with Crippen LogP contribution in [0.3, 0.4) is 0 Å². The van der Waals surface area contributed by atoms with Gasteiger partial charge in [0.15, 0.2) is 0 Å². The molecule has 0 amide bonds. The fourth-order valence-electron chi connectivity index (χ4n) is 7.10. The number of fused-ring (bicyclic) bond motifs is 10. The number of hydrogen-bond donors (Lipinski definition) is 0. The van der Waals surface area contributed by atoms with E-state index in [1.54, 1.807) is 0 Å². The van der Waals surface area contributed by atoms with Crippen LogP contribution in [0.15, 0.2) is 142 Å². The molecule has 2 nitrogen and oxygen atoms in total. The molecule has 0 spiro atoms. The average Bonchev–Trinajstić information content (AvgIpc) is 3.76. The summed E-state index contributed by atoms with van der Waals surface area (Å²) in [5.74, 6) is 0. The Morgan fingerprint density at radius 2 is 1.05 bits per heavy atom. The molecule has 0 fully saturated rings. The molecule has 10 rings (SSSR count). The van der Waals surface area contributed by atoms with E-state index in [0.717, 1.165) is 38.5 Å². The highest BCUT2D eigenvalue weighted by atomic mass is 32.1. The van der Waals surface area contributed by atoms with E-state index in [0.29, 0.717) is 0 Å². The third-order valence-corrected chi connectivity index (χ3v) is 10.1. The maximum atomic E-state index is 6.51. The van der Waals surface area contributed by atoms with Crippen LogP contribution in [0.4, 0.5) is 0 Å². The lowest BCUT2D eigenvalue weighted by atomic mass is 9.85. The minimum absolute atomic E-state index is 0.828. The van der Waals surface area contributed by atoms with E-state index in [-0.39, 0.29) is 0 Å². The maximum absolute atomic E-state index is 6.51. The Hall–Kier alpha value is -5.38. The summed E-state index contributed by atoms with van der Waals surface area (Å²) in [5, 5.41) is 10.7. The number of benzene rings is 7. The van der Waals surface area contributed by atoms with E-state index in [4.69, 9.17) is 8.83 Å². The first-order valence-electron chi connectivity index (χ1n) is 14.5. The molecule has 0 saturated heterocycles. The molecule has 3 heterocycles. The van der Waals surface area contributed by atoms with Crippen LogP contribution in [0, 0.1) is 0 Å². The minimum atomic E-state index is 0.828. The predicted molar refractivity (Wildman–Crippen MR) is 182 cm³/mol. The highest BCUT2D eigenvalue weighted by Crippen LogP contribution is 2.48. The summed E-state index contributed by atoms with van der Waals surface area (Å²) in [6.07, 6.45) is 1.91. The van der Waals surface area contributed by atoms with E-state index in [1.807, 2.05) is 29.7 Å². The predicted octanol–water partition coefficient (Wildman–Crippen LogP) is 12.3. The summed E-state index contributed by atoms with van der Waals surface area (Å²) in [7, 11) is 0. The summed E-state index contributed by atoms with van der Waals surface area (Å²) in [6.45, 7) is 0. The number of para-hydroxylation sites is 1. The van der Waals surface area contributed by atoms with Gasteiger partial charge in [0.2, 0.25) is 0 Å². The third kappa shape index (κ3) is 3.17. The zero-order chi connectivity index (χ0) is 28.1. The SMILES string of the molecule is c1ccc2c(c1)oc1c2ccc2occ(-c3c4ccccc4c(-c4ccc5c(c4)sc4ccccc45)c4ccccc34)c21. The Balaban J connectivity index is 1.32. The number of furan rings is 2. The lowest BCUT2D eigenvalue weighted by molar-refractivity contribution is 0.616. The lowest BCUT2D eigenvalue weighted by Crippen LogP contribution is -1.90. The largest absolute Gasteiger partial charge is 0.464 e. The molecule has 0 aliphatic rings. The molecule has 0 aliphatic heterocycles. The highest BCUT2D eigenvalue weighted by molar-refractivity contribution is 7.25. The van der Waals surface area contributed by atoms with Gasteiger partial charge in [-0.1, -0.05) is 97.1 Å². The van der Waals surface area contributed by atoms with Crippen molar-refractivity contribution < 1.29 is 8.83 Å². The van der Waals surface area contributed by atoms with Crippen LogP contribution in [0.1, 0.15) is 0 Å². The number of rotatable bonds is 2. The van der Waals surface area contributed by atoms with Crippen molar-refractivity contribution in [3.63, 3.8) is 0 Å². The monoisotopic (exact) mass is 566 g/mol. The van der Waals surface area contributed by atoms with Gasteiger partial charge in [-0.15, -0.1) is 11.3 Å². The quantitative estimate of drug-likeness (QED) is 0.195. The van der Waals surface area contributed by atoms with Gasteiger partial charge in [-0.3, -0.25) is 0 Å². The first kappa shape index (κ1) is 23.2. The Bertz CT molecular complexity index is 2680. The molecule has 3 aromatic heterocycles. The molecular formula is C40H22O2S. The standard InChI is InChI=1S/C40H22O2S/c1-3-13-29-27(11-1)37(23-17-18-26-25-10-6-8-16-35(25)43-36(26)21-23)28-12-2-4-14-30(28)38(29)32-22-41-34-20-19-31-24-9-5-7-15-33(24)42-40(31)39(32)34/h1-22H. The topological polar surface area (TPSA) is 26.3 Å². The molecule has 0 N–H and O–H groups in total. The Morgan fingerprint density at radius 1 is 0.442 bits per heavy atom. The summed E-state index contributed by atoms with van der Waals surface area (Å²) >= 11 is 1.86. The minimum Gasteiger partial charge on any atom is -0.464 e. The van der Waals surface area contributed by atoms with Crippen molar-refractivity contribution in [3.05, 3.63) is 134 Å². The molecule has 0 aliphatic carbocycles. The van der Waals surface area contributed by atoms with Crippen molar-refractivity contribution in [3.8, 4) is 22.3 Å². The first-order chi connectivity index (χ1) is 21.3. The second-order valence-electron chi connectivity index (χ2n) is 11.2. The summed E-state index contributed by atoms with van der Waals surface area (Å²) in [6, 6.07) is 45.7. The van der Waals surface area contributed by atoms with Gasteiger partial charge >= 0.3 is 0 Å².